The quantitative estimate of drug-likeness (QED) is 0.662. The lowest BCUT2D eigenvalue weighted by molar-refractivity contribution is -0.133. The summed E-state index contributed by atoms with van der Waals surface area (Å²) in [5, 5.41) is 11.9. The summed E-state index contributed by atoms with van der Waals surface area (Å²) in [6.07, 6.45) is 1.80. The molecule has 1 aliphatic carbocycles. The number of benzene rings is 2. The number of sulfonamides is 1. The molecule has 0 radical (unpaired) electrons. The molecule has 0 aromatic heterocycles. The predicted molar refractivity (Wildman–Crippen MR) is 123 cm³/mol. The number of imide groups is 1. The Labute approximate surface area is 198 Å². The van der Waals surface area contributed by atoms with Gasteiger partial charge < -0.3 is 5.32 Å². The van der Waals surface area contributed by atoms with Crippen LogP contribution in [-0.2, 0) is 27.7 Å². The number of hydrogen-bond acceptors (Lipinski definition) is 6. The van der Waals surface area contributed by atoms with E-state index in [1.807, 2.05) is 29.2 Å². The fourth-order valence-electron chi connectivity index (χ4n) is 4.99. The third-order valence-corrected chi connectivity index (χ3v) is 8.88. The van der Waals surface area contributed by atoms with Gasteiger partial charge in [0.1, 0.15) is 5.54 Å². The third kappa shape index (κ3) is 3.86. The summed E-state index contributed by atoms with van der Waals surface area (Å²) in [6.45, 7) is 1.46. The number of carbonyl (C=O) groups is 2. The molecule has 1 spiro atoms. The molecule has 1 unspecified atom stereocenters. The van der Waals surface area contributed by atoms with Gasteiger partial charge in [-0.15, -0.1) is 0 Å². The van der Waals surface area contributed by atoms with Gasteiger partial charge >= 0.3 is 6.03 Å². The molecule has 1 N–H and O–H groups in total. The largest absolute Gasteiger partial charge is 0.326 e. The number of nitrogens with zero attached hydrogens (tertiary/aromatic N) is 4. The summed E-state index contributed by atoms with van der Waals surface area (Å²) in [7, 11) is -3.67. The van der Waals surface area contributed by atoms with Crippen molar-refractivity contribution in [3.05, 3.63) is 65.2 Å². The molecule has 2 aromatic carbocycles. The Bertz CT molecular complexity index is 1280. The standard InChI is InChI=1S/C24H25N5O4S/c25-16-18-5-7-21(8-6-18)34(32,33)28-13-11-27(12-14-28)17-29-22(30)24(26-23(29)31)10-9-19-3-1-2-4-20(19)15-24/h1-8H,9-15,17H2,(H,26,31). The molecule has 0 bridgehead atoms. The number of rotatable bonds is 4. The van der Waals surface area contributed by atoms with E-state index in [4.69, 9.17) is 5.26 Å². The van der Waals surface area contributed by atoms with E-state index in [1.54, 1.807) is 0 Å². The van der Waals surface area contributed by atoms with Crippen LogP contribution in [0.2, 0.25) is 0 Å². The van der Waals surface area contributed by atoms with E-state index in [0.717, 1.165) is 12.0 Å². The molecule has 0 saturated carbocycles. The van der Waals surface area contributed by atoms with Gasteiger partial charge in [-0.3, -0.25) is 9.69 Å². The van der Waals surface area contributed by atoms with Crippen molar-refractivity contribution in [1.82, 2.24) is 19.4 Å². The minimum Gasteiger partial charge on any atom is -0.323 e. The van der Waals surface area contributed by atoms with E-state index >= 15 is 0 Å². The minimum atomic E-state index is -3.67. The number of nitriles is 1. The lowest BCUT2D eigenvalue weighted by Gasteiger charge is -2.36. The molecule has 2 fully saturated rings. The maximum Gasteiger partial charge on any atom is 0.326 e. The Balaban J connectivity index is 1.22. The summed E-state index contributed by atoms with van der Waals surface area (Å²) in [5.74, 6) is -0.209. The summed E-state index contributed by atoms with van der Waals surface area (Å²) in [4.78, 5) is 29.4. The highest BCUT2D eigenvalue weighted by molar-refractivity contribution is 7.89. The highest BCUT2D eigenvalue weighted by Crippen LogP contribution is 2.33. The van der Waals surface area contributed by atoms with Crippen molar-refractivity contribution in [3.8, 4) is 6.07 Å². The van der Waals surface area contributed by atoms with Crippen molar-refractivity contribution in [2.45, 2.75) is 29.7 Å². The number of aryl methyl sites for hydroxylation is 1. The first-order valence-corrected chi connectivity index (χ1v) is 12.7. The van der Waals surface area contributed by atoms with Gasteiger partial charge in [-0.2, -0.15) is 9.57 Å². The summed E-state index contributed by atoms with van der Waals surface area (Å²) >= 11 is 0. The lowest BCUT2D eigenvalue weighted by Crippen LogP contribution is -2.54. The molecule has 5 rings (SSSR count). The number of nitrogens with one attached hydrogen (secondary N) is 1. The minimum absolute atomic E-state index is 0.138. The van der Waals surface area contributed by atoms with Crippen molar-refractivity contribution in [3.63, 3.8) is 0 Å². The van der Waals surface area contributed by atoms with Crippen LogP contribution in [0.3, 0.4) is 0 Å². The first-order chi connectivity index (χ1) is 16.3. The number of carbonyl (C=O) groups excluding carboxylic acids is 2. The Morgan fingerprint density at radius 1 is 0.971 bits per heavy atom. The second-order valence-corrected chi connectivity index (χ2v) is 10.9. The summed E-state index contributed by atoms with van der Waals surface area (Å²) < 4.78 is 27.3. The van der Waals surface area contributed by atoms with Gasteiger partial charge in [-0.1, -0.05) is 24.3 Å². The van der Waals surface area contributed by atoms with E-state index in [0.29, 0.717) is 31.5 Å². The van der Waals surface area contributed by atoms with Gasteiger partial charge in [0.25, 0.3) is 5.91 Å². The fourth-order valence-corrected chi connectivity index (χ4v) is 6.41. The zero-order chi connectivity index (χ0) is 23.9. The zero-order valence-electron chi connectivity index (χ0n) is 18.6. The van der Waals surface area contributed by atoms with E-state index in [2.05, 4.69) is 11.4 Å². The van der Waals surface area contributed by atoms with E-state index < -0.39 is 21.6 Å². The molecule has 2 saturated heterocycles. The van der Waals surface area contributed by atoms with Crippen LogP contribution in [0, 0.1) is 11.3 Å². The van der Waals surface area contributed by atoms with E-state index in [-0.39, 0.29) is 30.6 Å². The first-order valence-electron chi connectivity index (χ1n) is 11.3. The van der Waals surface area contributed by atoms with Gasteiger partial charge in [-0.05, 0) is 48.2 Å². The lowest BCUT2D eigenvalue weighted by atomic mass is 9.78. The molecule has 2 heterocycles. The van der Waals surface area contributed by atoms with E-state index in [1.165, 1.54) is 39.0 Å². The third-order valence-electron chi connectivity index (χ3n) is 6.97. The molecule has 2 aromatic rings. The number of amides is 3. The average molecular weight is 480 g/mol. The number of urea groups is 1. The number of hydrogen-bond donors (Lipinski definition) is 1. The average Bonchev–Trinajstić information content (AvgIpc) is 3.08. The fraction of sp³-hybridized carbons (Fsp3) is 0.375. The van der Waals surface area contributed by atoms with Gasteiger partial charge in [0.15, 0.2) is 0 Å². The van der Waals surface area contributed by atoms with Gasteiger partial charge in [0.2, 0.25) is 10.0 Å². The smallest absolute Gasteiger partial charge is 0.323 e. The van der Waals surface area contributed by atoms with Crippen LogP contribution in [0.15, 0.2) is 53.4 Å². The van der Waals surface area contributed by atoms with Crippen LogP contribution in [-0.4, -0.2) is 72.8 Å². The molecule has 9 nitrogen and oxygen atoms in total. The number of fused-ring (bicyclic) bond motifs is 1. The zero-order valence-corrected chi connectivity index (χ0v) is 19.4. The molecule has 10 heteroatoms. The Hall–Kier alpha value is -3.26. The van der Waals surface area contributed by atoms with Crippen LogP contribution in [0.1, 0.15) is 23.1 Å². The van der Waals surface area contributed by atoms with Gasteiger partial charge in [-0.25, -0.2) is 18.1 Å². The second kappa shape index (κ2) is 8.51. The summed E-state index contributed by atoms with van der Waals surface area (Å²) in [5.41, 5.74) is 1.81. The first kappa shape index (κ1) is 22.5. The molecule has 34 heavy (non-hydrogen) atoms. The molecule has 176 valence electrons. The van der Waals surface area contributed by atoms with Crippen molar-refractivity contribution in [1.29, 1.82) is 5.26 Å². The molecular weight excluding hydrogens is 454 g/mol. The maximum absolute atomic E-state index is 13.3. The molecule has 3 aliphatic rings. The summed E-state index contributed by atoms with van der Waals surface area (Å²) in [6, 6.07) is 15.4. The molecule has 3 amide bonds. The monoisotopic (exact) mass is 479 g/mol. The van der Waals surface area contributed by atoms with Crippen molar-refractivity contribution in [2.75, 3.05) is 32.8 Å². The molecular formula is C24H25N5O4S. The van der Waals surface area contributed by atoms with Crippen LogP contribution >= 0.6 is 0 Å². The second-order valence-electron chi connectivity index (χ2n) is 8.99. The van der Waals surface area contributed by atoms with Crippen molar-refractivity contribution < 1.29 is 18.0 Å². The Morgan fingerprint density at radius 3 is 2.32 bits per heavy atom. The van der Waals surface area contributed by atoms with Crippen LogP contribution in [0.5, 0.6) is 0 Å². The topological polar surface area (TPSA) is 114 Å². The predicted octanol–water partition coefficient (Wildman–Crippen LogP) is 1.30. The van der Waals surface area contributed by atoms with Crippen LogP contribution < -0.4 is 5.32 Å². The van der Waals surface area contributed by atoms with Gasteiger partial charge in [0.05, 0.1) is 23.2 Å². The number of piperazine rings is 1. The Morgan fingerprint density at radius 2 is 1.65 bits per heavy atom. The van der Waals surface area contributed by atoms with Crippen molar-refractivity contribution in [2.24, 2.45) is 0 Å². The Kier molecular flexibility index (Phi) is 5.64. The van der Waals surface area contributed by atoms with Crippen molar-refractivity contribution >= 4 is 22.0 Å². The highest BCUT2D eigenvalue weighted by atomic mass is 32.2. The van der Waals surface area contributed by atoms with Gasteiger partial charge in [0, 0.05) is 32.6 Å². The molecule has 2 aliphatic heterocycles. The normalized spacial score (nSPS) is 23.6. The van der Waals surface area contributed by atoms with Crippen LogP contribution in [0.25, 0.3) is 0 Å². The van der Waals surface area contributed by atoms with E-state index in [9.17, 15) is 18.0 Å². The SMILES string of the molecule is N#Cc1ccc(S(=O)(=O)N2CCN(CN3C(=O)NC4(CCc5ccccc5C4)C3=O)CC2)cc1. The van der Waals surface area contributed by atoms with Crippen LogP contribution in [0.4, 0.5) is 4.79 Å². The maximum atomic E-state index is 13.3. The molecule has 1 atom stereocenters. The highest BCUT2D eigenvalue weighted by Gasteiger charge is 2.52.